The number of carbonyl (C=O) groups is 2. The topological polar surface area (TPSA) is 145 Å². The van der Waals surface area contributed by atoms with Gasteiger partial charge in [0.2, 0.25) is 5.88 Å². The van der Waals surface area contributed by atoms with E-state index in [1.807, 2.05) is 5.82 Å². The van der Waals surface area contributed by atoms with Crippen molar-refractivity contribution < 1.29 is 32.2 Å². The number of rotatable bonds is 8. The van der Waals surface area contributed by atoms with Gasteiger partial charge in [-0.2, -0.15) is 13.2 Å². The fraction of sp³-hybridized carbons (Fsp3) is 0.391. The van der Waals surface area contributed by atoms with E-state index in [9.17, 15) is 22.8 Å². The summed E-state index contributed by atoms with van der Waals surface area (Å²) in [5.74, 6) is 1.46. The molecule has 0 bridgehead atoms. The molecular weight excluding hydrogens is 574 g/mol. The van der Waals surface area contributed by atoms with Crippen LogP contribution in [-0.2, 0) is 15.7 Å². The number of carbonyl (C=O) groups excluding carboxylic acids is 2. The molecule has 3 aromatic heterocycles. The Morgan fingerprint density at radius 3 is 2.76 bits per heavy atom. The van der Waals surface area contributed by atoms with Crippen LogP contribution in [0.1, 0.15) is 12.0 Å². The third kappa shape index (κ3) is 6.05. The van der Waals surface area contributed by atoms with E-state index >= 15 is 0 Å². The van der Waals surface area contributed by atoms with Gasteiger partial charge >= 0.3 is 168 Å². The second kappa shape index (κ2) is 11.4. The molecule has 4 heterocycles. The first kappa shape index (κ1) is 27.3. The summed E-state index contributed by atoms with van der Waals surface area (Å²) in [4.78, 5) is 42.5. The number of anilines is 1. The van der Waals surface area contributed by atoms with Gasteiger partial charge in [-0.15, -0.1) is 0 Å². The SMILES string of the molecule is COc1ncc(-c2ccc3ncnc(N[C@H]4CCN(C(=O)C(C[Se]C)OC(N)=O)C4)c3n2)cc1C(F)(F)F. The van der Waals surface area contributed by atoms with Gasteiger partial charge in [-0.05, 0) is 6.07 Å². The number of hydrogen-bond acceptors (Lipinski definition) is 9. The van der Waals surface area contributed by atoms with Gasteiger partial charge in [-0.1, -0.05) is 0 Å². The van der Waals surface area contributed by atoms with Crippen LogP contribution in [0.3, 0.4) is 0 Å². The smallest absolute Gasteiger partial charge is 0.166 e. The molecule has 202 valence electrons. The van der Waals surface area contributed by atoms with Gasteiger partial charge in [-0.25, -0.2) is 4.98 Å². The van der Waals surface area contributed by atoms with Crippen LogP contribution in [0.2, 0.25) is 11.1 Å². The van der Waals surface area contributed by atoms with Crippen molar-refractivity contribution in [3.8, 4) is 17.1 Å². The summed E-state index contributed by atoms with van der Waals surface area (Å²) in [7, 11) is 1.12. The Kier molecular flexibility index (Phi) is 8.17. The van der Waals surface area contributed by atoms with Gasteiger partial charge in [0.05, 0.1) is 7.11 Å². The molecule has 1 fully saturated rings. The second-order valence-corrected chi connectivity index (χ2v) is 10.3. The van der Waals surface area contributed by atoms with E-state index in [1.165, 1.54) is 12.5 Å². The minimum absolute atomic E-state index is 0.0939. The number of nitrogens with two attached hydrogens (primary N) is 1. The molecule has 3 N–H and O–H groups in total. The van der Waals surface area contributed by atoms with Crippen LogP contribution >= 0.6 is 0 Å². The first-order valence-corrected chi connectivity index (χ1v) is 14.3. The van der Waals surface area contributed by atoms with E-state index < -0.39 is 29.8 Å². The molecule has 2 amide bonds. The van der Waals surface area contributed by atoms with Crippen LogP contribution in [-0.4, -0.2) is 84.1 Å². The molecule has 2 atom stereocenters. The molecule has 11 nitrogen and oxygen atoms in total. The number of likely N-dealkylation sites (tertiary alicyclic amines) is 1. The molecule has 1 aliphatic heterocycles. The fourth-order valence-electron chi connectivity index (χ4n) is 4.09. The maximum atomic E-state index is 13.5. The van der Waals surface area contributed by atoms with E-state index in [-0.39, 0.29) is 38.2 Å². The standard InChI is InChI=1S/C23H24F3N7O4Se/c1-36-20-14(23(24,25)26)7-12(8-28-20)15-3-4-16-18(32-15)19(30-11-29-16)31-13-5-6-33(9-13)21(34)17(10-38-2)37-22(27)35/h3-4,7-8,11,13,17H,5-6,9-10H2,1-2H3,(H2,27,35)(H,29,30,31)/t13-,17?/m0/s1. The average molecular weight is 598 g/mol. The predicted molar refractivity (Wildman–Crippen MR) is 132 cm³/mol. The zero-order chi connectivity index (χ0) is 27.4. The van der Waals surface area contributed by atoms with E-state index in [0.717, 1.165) is 13.2 Å². The number of halogens is 3. The van der Waals surface area contributed by atoms with Gasteiger partial charge < -0.3 is 4.74 Å². The van der Waals surface area contributed by atoms with E-state index in [1.54, 1.807) is 17.0 Å². The van der Waals surface area contributed by atoms with Crippen molar-refractivity contribution in [3.63, 3.8) is 0 Å². The Balaban J connectivity index is 1.57. The minimum Gasteiger partial charge on any atom is -0.166 e. The number of primary amides is 1. The molecule has 3 aromatic rings. The first-order chi connectivity index (χ1) is 18.1. The molecule has 1 aliphatic rings. The second-order valence-electron chi connectivity index (χ2n) is 8.36. The largest absolute Gasteiger partial charge is 0.421 e. The molecule has 15 heteroatoms. The number of methoxy groups -OCH3 is 1. The van der Waals surface area contributed by atoms with Crippen LogP contribution in [0, 0.1) is 0 Å². The quantitative estimate of drug-likeness (QED) is 0.374. The van der Waals surface area contributed by atoms with Crippen molar-refractivity contribution in [1.29, 1.82) is 0 Å². The van der Waals surface area contributed by atoms with Crippen LogP contribution < -0.4 is 15.8 Å². The van der Waals surface area contributed by atoms with Crippen LogP contribution in [0.5, 0.6) is 5.88 Å². The molecule has 0 aliphatic carbocycles. The van der Waals surface area contributed by atoms with Crippen molar-refractivity contribution in [2.45, 2.75) is 35.9 Å². The summed E-state index contributed by atoms with van der Waals surface area (Å²) >= 11 is 0.0939. The monoisotopic (exact) mass is 599 g/mol. The van der Waals surface area contributed by atoms with Crippen LogP contribution in [0.4, 0.5) is 23.8 Å². The molecule has 0 spiro atoms. The predicted octanol–water partition coefficient (Wildman–Crippen LogP) is 2.76. The summed E-state index contributed by atoms with van der Waals surface area (Å²) in [6, 6.07) is 3.92. The number of nitrogens with zero attached hydrogens (tertiary/aromatic N) is 5. The van der Waals surface area contributed by atoms with E-state index in [4.69, 9.17) is 15.2 Å². The summed E-state index contributed by atoms with van der Waals surface area (Å²) < 4.78 is 50.2. The third-order valence-corrected chi connectivity index (χ3v) is 7.15. The van der Waals surface area contributed by atoms with Gasteiger partial charge in [0, 0.05) is 6.20 Å². The number of ether oxygens (including phenoxy) is 2. The summed E-state index contributed by atoms with van der Waals surface area (Å²) in [5, 5.41) is 3.68. The van der Waals surface area contributed by atoms with Gasteiger partial charge in [0.1, 0.15) is 5.56 Å². The number of aromatic nitrogens is 4. The zero-order valence-electron chi connectivity index (χ0n) is 20.4. The molecule has 1 saturated heterocycles. The van der Waals surface area contributed by atoms with Gasteiger partial charge in [-0.3, -0.25) is 0 Å². The van der Waals surface area contributed by atoms with Crippen molar-refractivity contribution in [2.75, 3.05) is 25.5 Å². The number of pyridine rings is 2. The molecule has 38 heavy (non-hydrogen) atoms. The number of hydrogen-bond donors (Lipinski definition) is 2. The molecule has 4 rings (SSSR count). The fourth-order valence-corrected chi connectivity index (χ4v) is 5.16. The van der Waals surface area contributed by atoms with Crippen molar-refractivity contribution >= 4 is 43.8 Å². The molecule has 0 radical (unpaired) electrons. The van der Waals surface area contributed by atoms with Gasteiger partial charge in [0.25, 0.3) is 0 Å². The number of fused-ring (bicyclic) bond motifs is 1. The zero-order valence-corrected chi connectivity index (χ0v) is 22.1. The molecule has 0 saturated carbocycles. The average Bonchev–Trinajstić information content (AvgIpc) is 3.35. The van der Waals surface area contributed by atoms with Crippen LogP contribution in [0.15, 0.2) is 30.7 Å². The summed E-state index contributed by atoms with van der Waals surface area (Å²) in [6.45, 7) is 0.766. The normalized spacial score (nSPS) is 16.3. The molecule has 0 aromatic carbocycles. The Morgan fingerprint density at radius 2 is 2.08 bits per heavy atom. The molecule has 1 unspecified atom stereocenters. The van der Waals surface area contributed by atoms with Crippen LogP contribution in [0.25, 0.3) is 22.3 Å². The number of nitrogens with one attached hydrogen (secondary N) is 1. The number of amides is 2. The minimum atomic E-state index is -4.66. The Morgan fingerprint density at radius 1 is 1.29 bits per heavy atom. The van der Waals surface area contributed by atoms with Crippen molar-refractivity contribution in [1.82, 2.24) is 24.8 Å². The van der Waals surface area contributed by atoms with Crippen molar-refractivity contribution in [3.05, 3.63) is 36.3 Å². The maximum Gasteiger partial charge on any atom is 0.421 e. The third-order valence-electron chi connectivity index (χ3n) is 5.82. The maximum absolute atomic E-state index is 13.5. The Bertz CT molecular complexity index is 1340. The van der Waals surface area contributed by atoms with E-state index in [0.29, 0.717) is 41.7 Å². The van der Waals surface area contributed by atoms with Crippen molar-refractivity contribution in [2.24, 2.45) is 5.73 Å². The molecular formula is C23H24F3N7O4Se. The summed E-state index contributed by atoms with van der Waals surface area (Å²) in [5.41, 5.74) is 5.32. The van der Waals surface area contributed by atoms with E-state index in [2.05, 4.69) is 25.3 Å². The Labute approximate surface area is 221 Å². The first-order valence-electron chi connectivity index (χ1n) is 11.3. The number of alkyl halides is 3. The summed E-state index contributed by atoms with van der Waals surface area (Å²) in [6.07, 6.45) is -3.38. The van der Waals surface area contributed by atoms with Gasteiger partial charge in [0.15, 0.2) is 0 Å². The Hall–Kier alpha value is -3.71.